The third kappa shape index (κ3) is 9.27. The number of hydrogen-bond acceptors (Lipinski definition) is 4. The van der Waals surface area contributed by atoms with Crippen LogP contribution in [0.25, 0.3) is 0 Å². The zero-order valence-electron chi connectivity index (χ0n) is 14.9. The molecule has 1 aliphatic carbocycles. The monoisotopic (exact) mass is 347 g/mol. The van der Waals surface area contributed by atoms with E-state index in [1.807, 2.05) is 19.0 Å². The molecule has 0 bridgehead atoms. The van der Waals surface area contributed by atoms with E-state index >= 15 is 0 Å². The van der Waals surface area contributed by atoms with Crippen molar-refractivity contribution in [3.05, 3.63) is 0 Å². The minimum Gasteiger partial charge on any atom is -0.353 e. The van der Waals surface area contributed by atoms with Crippen molar-refractivity contribution in [2.75, 3.05) is 40.0 Å². The molecule has 0 atom stereocenters. The van der Waals surface area contributed by atoms with Crippen LogP contribution in [0.15, 0.2) is 0 Å². The Morgan fingerprint density at radius 1 is 1.04 bits per heavy atom. The summed E-state index contributed by atoms with van der Waals surface area (Å²) in [6.07, 6.45) is 9.16. The van der Waals surface area contributed by atoms with Gasteiger partial charge in [0, 0.05) is 25.6 Å². The maximum atomic E-state index is 12.1. The average Bonchev–Trinajstić information content (AvgIpc) is 2.69. The molecule has 0 aromatic heterocycles. The van der Waals surface area contributed by atoms with Crippen LogP contribution < -0.4 is 5.32 Å². The molecule has 0 aromatic rings. The number of sulfonamides is 1. The van der Waals surface area contributed by atoms with Crippen LogP contribution in [0.3, 0.4) is 0 Å². The summed E-state index contributed by atoms with van der Waals surface area (Å²) in [7, 11) is 0.664. The summed E-state index contributed by atoms with van der Waals surface area (Å²) in [6, 6.07) is 0.269. The van der Waals surface area contributed by atoms with Crippen molar-refractivity contribution in [1.29, 1.82) is 0 Å². The van der Waals surface area contributed by atoms with Gasteiger partial charge in [-0.2, -0.15) is 0 Å². The van der Waals surface area contributed by atoms with Gasteiger partial charge < -0.3 is 10.2 Å². The fourth-order valence-electron chi connectivity index (χ4n) is 2.96. The fourth-order valence-corrected chi connectivity index (χ4v) is 3.84. The number of amides is 1. The van der Waals surface area contributed by atoms with Gasteiger partial charge in [-0.1, -0.05) is 25.7 Å². The third-order valence-electron chi connectivity index (χ3n) is 4.29. The first-order chi connectivity index (χ1) is 10.8. The van der Waals surface area contributed by atoms with Crippen LogP contribution in [0.2, 0.25) is 0 Å². The van der Waals surface area contributed by atoms with Crippen molar-refractivity contribution in [3.8, 4) is 0 Å². The van der Waals surface area contributed by atoms with E-state index in [1.54, 1.807) is 0 Å². The van der Waals surface area contributed by atoms with E-state index in [0.717, 1.165) is 25.8 Å². The SMILES string of the molecule is CN(C)CCCN(CCC(=O)NC1CCCCCC1)S(C)(=O)=O. The van der Waals surface area contributed by atoms with Gasteiger partial charge >= 0.3 is 0 Å². The third-order valence-corrected chi connectivity index (χ3v) is 5.59. The quantitative estimate of drug-likeness (QED) is 0.641. The Morgan fingerprint density at radius 3 is 2.17 bits per heavy atom. The zero-order valence-corrected chi connectivity index (χ0v) is 15.7. The van der Waals surface area contributed by atoms with Crippen molar-refractivity contribution >= 4 is 15.9 Å². The summed E-state index contributed by atoms with van der Waals surface area (Å²) >= 11 is 0. The van der Waals surface area contributed by atoms with Gasteiger partial charge in [-0.3, -0.25) is 4.79 Å². The average molecular weight is 348 g/mol. The van der Waals surface area contributed by atoms with Gasteiger partial charge in [0.15, 0.2) is 0 Å². The van der Waals surface area contributed by atoms with Crippen LogP contribution in [0.4, 0.5) is 0 Å². The summed E-state index contributed by atoms with van der Waals surface area (Å²) in [5.41, 5.74) is 0. The van der Waals surface area contributed by atoms with Gasteiger partial charge in [-0.05, 0) is 39.9 Å². The molecular weight excluding hydrogens is 314 g/mol. The second-order valence-corrected chi connectivity index (χ2v) is 8.81. The number of rotatable bonds is 9. The Kier molecular flexibility index (Phi) is 9.09. The second-order valence-electron chi connectivity index (χ2n) is 6.82. The number of nitrogens with zero attached hydrogens (tertiary/aromatic N) is 2. The van der Waals surface area contributed by atoms with E-state index < -0.39 is 10.0 Å². The Morgan fingerprint density at radius 2 is 1.65 bits per heavy atom. The first-order valence-electron chi connectivity index (χ1n) is 8.68. The van der Waals surface area contributed by atoms with Crippen LogP contribution in [-0.4, -0.2) is 69.6 Å². The lowest BCUT2D eigenvalue weighted by molar-refractivity contribution is -0.122. The topological polar surface area (TPSA) is 69.7 Å². The maximum Gasteiger partial charge on any atom is 0.221 e. The first-order valence-corrected chi connectivity index (χ1v) is 10.5. The molecule has 1 fully saturated rings. The van der Waals surface area contributed by atoms with Gasteiger partial charge in [0.2, 0.25) is 15.9 Å². The number of nitrogens with one attached hydrogen (secondary N) is 1. The lowest BCUT2D eigenvalue weighted by atomic mass is 10.1. The van der Waals surface area contributed by atoms with Crippen LogP contribution >= 0.6 is 0 Å². The minimum atomic E-state index is -3.26. The van der Waals surface area contributed by atoms with E-state index in [9.17, 15) is 13.2 Å². The van der Waals surface area contributed by atoms with Crippen molar-refractivity contribution in [1.82, 2.24) is 14.5 Å². The van der Waals surface area contributed by atoms with Gasteiger partial charge in [-0.25, -0.2) is 12.7 Å². The predicted molar refractivity (Wildman–Crippen MR) is 93.8 cm³/mol. The highest BCUT2D eigenvalue weighted by Crippen LogP contribution is 2.17. The molecule has 7 heteroatoms. The van der Waals surface area contributed by atoms with E-state index in [4.69, 9.17) is 0 Å². The van der Waals surface area contributed by atoms with Gasteiger partial charge in [0.25, 0.3) is 0 Å². The molecule has 0 spiro atoms. The molecule has 1 rings (SSSR count). The van der Waals surface area contributed by atoms with Crippen molar-refractivity contribution in [2.24, 2.45) is 0 Å². The van der Waals surface area contributed by atoms with Crippen molar-refractivity contribution < 1.29 is 13.2 Å². The summed E-state index contributed by atoms with van der Waals surface area (Å²) in [4.78, 5) is 14.1. The molecule has 0 unspecified atom stereocenters. The minimum absolute atomic E-state index is 0.0295. The van der Waals surface area contributed by atoms with Crippen molar-refractivity contribution in [3.63, 3.8) is 0 Å². The zero-order chi connectivity index (χ0) is 17.3. The highest BCUT2D eigenvalue weighted by Gasteiger charge is 2.19. The molecule has 0 aliphatic heterocycles. The van der Waals surface area contributed by atoms with Gasteiger partial charge in [0.1, 0.15) is 0 Å². The van der Waals surface area contributed by atoms with Crippen LogP contribution in [0.1, 0.15) is 51.4 Å². The molecule has 23 heavy (non-hydrogen) atoms. The molecule has 0 aromatic carbocycles. The summed E-state index contributed by atoms with van der Waals surface area (Å²) in [6.45, 7) is 1.57. The summed E-state index contributed by atoms with van der Waals surface area (Å²) in [5.74, 6) is -0.0295. The van der Waals surface area contributed by atoms with E-state index in [0.29, 0.717) is 6.54 Å². The van der Waals surface area contributed by atoms with Crippen LogP contribution in [-0.2, 0) is 14.8 Å². The van der Waals surface area contributed by atoms with E-state index in [2.05, 4.69) is 5.32 Å². The molecular formula is C16H33N3O3S. The fraction of sp³-hybridized carbons (Fsp3) is 0.938. The Labute approximate surface area is 141 Å². The molecule has 0 radical (unpaired) electrons. The van der Waals surface area contributed by atoms with Crippen molar-refractivity contribution in [2.45, 2.75) is 57.4 Å². The maximum absolute atomic E-state index is 12.1. The molecule has 136 valence electrons. The van der Waals surface area contributed by atoms with Crippen LogP contribution in [0.5, 0.6) is 0 Å². The molecule has 0 saturated heterocycles. The Bertz CT molecular complexity index is 443. The van der Waals surface area contributed by atoms with Gasteiger partial charge in [0.05, 0.1) is 6.26 Å². The lowest BCUT2D eigenvalue weighted by Gasteiger charge is -2.22. The highest BCUT2D eigenvalue weighted by molar-refractivity contribution is 7.88. The van der Waals surface area contributed by atoms with E-state index in [-0.39, 0.29) is 24.9 Å². The molecule has 6 nitrogen and oxygen atoms in total. The molecule has 1 amide bonds. The molecule has 1 aliphatic rings. The first kappa shape index (κ1) is 20.4. The molecule has 1 saturated carbocycles. The Balaban J connectivity index is 2.38. The molecule has 0 heterocycles. The standard InChI is InChI=1S/C16H33N3O3S/c1-18(2)12-8-13-19(23(3,21)22)14-11-16(20)17-15-9-6-4-5-7-10-15/h15H,4-14H2,1-3H3,(H,17,20). The van der Waals surface area contributed by atoms with E-state index in [1.165, 1.54) is 36.2 Å². The lowest BCUT2D eigenvalue weighted by Crippen LogP contribution is -2.39. The second kappa shape index (κ2) is 10.3. The van der Waals surface area contributed by atoms with Crippen LogP contribution in [0, 0.1) is 0 Å². The summed E-state index contributed by atoms with van der Waals surface area (Å²) in [5, 5.41) is 3.07. The van der Waals surface area contributed by atoms with Gasteiger partial charge in [-0.15, -0.1) is 0 Å². The summed E-state index contributed by atoms with van der Waals surface area (Å²) < 4.78 is 25.1. The normalized spacial score (nSPS) is 17.4. The predicted octanol–water partition coefficient (Wildman–Crippen LogP) is 1.43. The Hall–Kier alpha value is -0.660. The number of hydrogen-bond donors (Lipinski definition) is 1. The number of carbonyl (C=O) groups excluding carboxylic acids is 1. The smallest absolute Gasteiger partial charge is 0.221 e. The molecule has 1 N–H and O–H groups in total. The highest BCUT2D eigenvalue weighted by atomic mass is 32.2. The largest absolute Gasteiger partial charge is 0.353 e. The number of carbonyl (C=O) groups is 1.